The molecule has 1 N–H and O–H groups in total. The Balaban J connectivity index is 1.65. The summed E-state index contributed by atoms with van der Waals surface area (Å²) >= 11 is 0.538. The maximum atomic E-state index is 12.5. The first-order chi connectivity index (χ1) is 10.8. The normalized spacial score (nSPS) is 13.7. The molecule has 3 nitrogen and oxygen atoms in total. The van der Waals surface area contributed by atoms with Crippen LogP contribution < -0.4 is 5.32 Å². The Labute approximate surface area is 134 Å². The van der Waals surface area contributed by atoms with Crippen molar-refractivity contribution in [3.8, 4) is 0 Å². The topological polar surface area (TPSA) is 42.0 Å². The first-order valence-electron chi connectivity index (χ1n) is 6.95. The van der Waals surface area contributed by atoms with Crippen molar-refractivity contribution in [2.24, 2.45) is 0 Å². The van der Waals surface area contributed by atoms with Crippen LogP contribution in [-0.4, -0.2) is 10.9 Å². The Hall–Kier alpha value is -2.15. The fourth-order valence-electron chi connectivity index (χ4n) is 2.45. The van der Waals surface area contributed by atoms with Crippen LogP contribution in [0.2, 0.25) is 0 Å². The molecule has 0 unspecified atom stereocenters. The van der Waals surface area contributed by atoms with E-state index in [2.05, 4.69) is 16.4 Å². The second kappa shape index (κ2) is 5.81. The molecule has 0 atom stereocenters. The van der Waals surface area contributed by atoms with Crippen LogP contribution in [0, 0.1) is 0 Å². The molecule has 1 amide bonds. The molecule has 1 aromatic heterocycles. The van der Waals surface area contributed by atoms with E-state index in [-0.39, 0.29) is 12.5 Å². The van der Waals surface area contributed by atoms with E-state index < -0.39 is 11.2 Å². The standard InChI is InChI=1S/C16H13F3N2OS/c1-9-2-3-10-6-11(4-5-13(9)10)14(22)20-7-12-8-21-15(23-12)16(17,18)19/h2,4-6,8H,3,7H2,1H3,(H,20,22). The van der Waals surface area contributed by atoms with Crippen molar-refractivity contribution in [2.75, 3.05) is 0 Å². The number of rotatable bonds is 3. The van der Waals surface area contributed by atoms with Crippen molar-refractivity contribution in [3.63, 3.8) is 0 Å². The molecule has 120 valence electrons. The Kier molecular flexibility index (Phi) is 3.97. The number of carbonyl (C=O) groups excluding carboxylic acids is 1. The van der Waals surface area contributed by atoms with Crippen molar-refractivity contribution in [2.45, 2.75) is 26.1 Å². The third-order valence-electron chi connectivity index (χ3n) is 3.64. The summed E-state index contributed by atoms with van der Waals surface area (Å²) in [5.74, 6) is -0.306. The molecule has 0 bridgehead atoms. The van der Waals surface area contributed by atoms with Crippen molar-refractivity contribution >= 4 is 22.8 Å². The molecule has 0 radical (unpaired) electrons. The highest BCUT2D eigenvalue weighted by molar-refractivity contribution is 7.11. The van der Waals surface area contributed by atoms with Crippen LogP contribution in [-0.2, 0) is 19.1 Å². The van der Waals surface area contributed by atoms with Gasteiger partial charge in [0.25, 0.3) is 5.91 Å². The summed E-state index contributed by atoms with van der Waals surface area (Å²) in [6.45, 7) is 2.05. The number of carbonyl (C=O) groups is 1. The molecule has 23 heavy (non-hydrogen) atoms. The fourth-order valence-corrected chi connectivity index (χ4v) is 3.17. The molecular formula is C16H13F3N2OS. The predicted octanol–water partition coefficient (Wildman–Crippen LogP) is 4.05. The van der Waals surface area contributed by atoms with Gasteiger partial charge in [0.1, 0.15) is 0 Å². The van der Waals surface area contributed by atoms with Gasteiger partial charge in [-0.3, -0.25) is 4.79 Å². The Bertz CT molecular complexity index is 793. The van der Waals surface area contributed by atoms with Crippen LogP contribution in [0.3, 0.4) is 0 Å². The van der Waals surface area contributed by atoms with Gasteiger partial charge in [-0.15, -0.1) is 11.3 Å². The highest BCUT2D eigenvalue weighted by Crippen LogP contribution is 2.32. The highest BCUT2D eigenvalue weighted by Gasteiger charge is 2.34. The van der Waals surface area contributed by atoms with E-state index >= 15 is 0 Å². The molecule has 2 aromatic rings. The van der Waals surface area contributed by atoms with Gasteiger partial charge in [-0.2, -0.15) is 13.2 Å². The summed E-state index contributed by atoms with van der Waals surface area (Å²) in [5.41, 5.74) is 3.93. The summed E-state index contributed by atoms with van der Waals surface area (Å²) in [4.78, 5) is 15.8. The van der Waals surface area contributed by atoms with Gasteiger partial charge in [0.15, 0.2) is 5.01 Å². The number of hydrogen-bond acceptors (Lipinski definition) is 3. The summed E-state index contributed by atoms with van der Waals surface area (Å²) in [6.07, 6.45) is -0.407. The smallest absolute Gasteiger partial charge is 0.347 e. The van der Waals surface area contributed by atoms with E-state index in [0.29, 0.717) is 21.8 Å². The van der Waals surface area contributed by atoms with Crippen molar-refractivity contribution in [1.82, 2.24) is 10.3 Å². The third-order valence-corrected chi connectivity index (χ3v) is 4.68. The zero-order valence-electron chi connectivity index (χ0n) is 12.2. The summed E-state index contributed by atoms with van der Waals surface area (Å²) in [7, 11) is 0. The number of thiazole rings is 1. The quantitative estimate of drug-likeness (QED) is 0.917. The van der Waals surface area contributed by atoms with E-state index in [1.165, 1.54) is 5.57 Å². The number of nitrogens with one attached hydrogen (secondary N) is 1. The molecule has 0 saturated carbocycles. The van der Waals surface area contributed by atoms with E-state index in [9.17, 15) is 18.0 Å². The number of aromatic nitrogens is 1. The summed E-state index contributed by atoms with van der Waals surface area (Å²) < 4.78 is 37.4. The number of alkyl halides is 3. The molecule has 0 spiro atoms. The van der Waals surface area contributed by atoms with Crippen molar-refractivity contribution in [1.29, 1.82) is 0 Å². The number of benzene rings is 1. The van der Waals surface area contributed by atoms with Crippen LogP contribution in [0.1, 0.15) is 38.3 Å². The zero-order chi connectivity index (χ0) is 16.6. The van der Waals surface area contributed by atoms with E-state index in [1.54, 1.807) is 6.07 Å². The van der Waals surface area contributed by atoms with Crippen molar-refractivity contribution < 1.29 is 18.0 Å². The lowest BCUT2D eigenvalue weighted by Crippen LogP contribution is -2.22. The van der Waals surface area contributed by atoms with Crippen LogP contribution in [0.5, 0.6) is 0 Å². The zero-order valence-corrected chi connectivity index (χ0v) is 13.0. The van der Waals surface area contributed by atoms with Gasteiger partial charge in [0.05, 0.1) is 6.54 Å². The second-order valence-electron chi connectivity index (χ2n) is 5.28. The van der Waals surface area contributed by atoms with E-state index in [4.69, 9.17) is 0 Å². The molecule has 1 heterocycles. The Morgan fingerprint density at radius 2 is 2.17 bits per heavy atom. The number of amides is 1. The molecule has 0 aliphatic heterocycles. The van der Waals surface area contributed by atoms with Crippen LogP contribution in [0.25, 0.3) is 5.57 Å². The van der Waals surface area contributed by atoms with Crippen LogP contribution in [0.4, 0.5) is 13.2 Å². The minimum atomic E-state index is -4.45. The largest absolute Gasteiger partial charge is 0.443 e. The Morgan fingerprint density at radius 1 is 1.39 bits per heavy atom. The third kappa shape index (κ3) is 3.29. The van der Waals surface area contributed by atoms with Gasteiger partial charge in [-0.25, -0.2) is 4.98 Å². The molecule has 1 aromatic carbocycles. The lowest BCUT2D eigenvalue weighted by Gasteiger charge is -2.07. The number of nitrogens with zero attached hydrogens (tertiary/aromatic N) is 1. The van der Waals surface area contributed by atoms with Gasteiger partial charge in [0, 0.05) is 16.6 Å². The lowest BCUT2D eigenvalue weighted by atomic mass is 10.0. The Morgan fingerprint density at radius 3 is 2.87 bits per heavy atom. The lowest BCUT2D eigenvalue weighted by molar-refractivity contribution is -0.137. The molecule has 0 saturated heterocycles. The molecule has 1 aliphatic carbocycles. The number of halogens is 3. The average molecular weight is 338 g/mol. The van der Waals surface area contributed by atoms with Gasteiger partial charge >= 0.3 is 6.18 Å². The number of fused-ring (bicyclic) bond motifs is 1. The fraction of sp³-hybridized carbons (Fsp3) is 0.250. The average Bonchev–Trinajstić information content (AvgIpc) is 3.11. The van der Waals surface area contributed by atoms with Gasteiger partial charge in [-0.1, -0.05) is 12.1 Å². The number of hydrogen-bond donors (Lipinski definition) is 1. The molecule has 3 rings (SSSR count). The molecule has 7 heteroatoms. The summed E-state index contributed by atoms with van der Waals surface area (Å²) in [5, 5.41) is 1.73. The van der Waals surface area contributed by atoms with E-state index in [0.717, 1.165) is 23.7 Å². The van der Waals surface area contributed by atoms with Crippen molar-refractivity contribution in [3.05, 3.63) is 57.0 Å². The minimum absolute atomic E-state index is 0.0287. The highest BCUT2D eigenvalue weighted by atomic mass is 32.1. The minimum Gasteiger partial charge on any atom is -0.347 e. The first-order valence-corrected chi connectivity index (χ1v) is 7.76. The second-order valence-corrected chi connectivity index (χ2v) is 6.39. The van der Waals surface area contributed by atoms with Gasteiger partial charge in [0.2, 0.25) is 0 Å². The van der Waals surface area contributed by atoms with Gasteiger partial charge < -0.3 is 5.32 Å². The summed E-state index contributed by atoms with van der Waals surface area (Å²) in [6, 6.07) is 5.45. The van der Waals surface area contributed by atoms with Crippen LogP contribution >= 0.6 is 11.3 Å². The predicted molar refractivity (Wildman–Crippen MR) is 82.1 cm³/mol. The monoisotopic (exact) mass is 338 g/mol. The molecule has 1 aliphatic rings. The SMILES string of the molecule is CC1=CCc2cc(C(=O)NCc3cnc(C(F)(F)F)s3)ccc21. The molecule has 0 fully saturated rings. The number of allylic oxidation sites excluding steroid dienone is 2. The van der Waals surface area contributed by atoms with E-state index in [1.807, 2.05) is 19.1 Å². The molecular weight excluding hydrogens is 325 g/mol. The maximum absolute atomic E-state index is 12.5. The maximum Gasteiger partial charge on any atom is 0.443 e. The van der Waals surface area contributed by atoms with Gasteiger partial charge in [-0.05, 0) is 42.2 Å². The van der Waals surface area contributed by atoms with Crippen LogP contribution in [0.15, 0.2) is 30.5 Å². The first kappa shape index (κ1) is 15.7.